The molecule has 142 valence electrons. The van der Waals surface area contributed by atoms with Gasteiger partial charge in [0.1, 0.15) is 6.07 Å². The van der Waals surface area contributed by atoms with Gasteiger partial charge < -0.3 is 5.73 Å². The van der Waals surface area contributed by atoms with Crippen LogP contribution in [0.25, 0.3) is 0 Å². The third kappa shape index (κ3) is 2.97. The minimum Gasteiger partial charge on any atom is -0.399 e. The van der Waals surface area contributed by atoms with Crippen molar-refractivity contribution in [3.8, 4) is 18.2 Å². The lowest BCUT2D eigenvalue weighted by molar-refractivity contribution is 0.170. The van der Waals surface area contributed by atoms with Crippen LogP contribution in [0.4, 0.5) is 0 Å². The SMILES string of the molecule is CC(C)(C)[C@H]1CC=C2C(C#N)=C(N)C(C#N)(C#N)[C@@H](c3ccc(Cl)cc3)[C@H]2C1. The molecule has 5 heteroatoms. The number of fused-ring (bicyclic) bond motifs is 1. The van der Waals surface area contributed by atoms with E-state index in [1.807, 2.05) is 12.1 Å². The van der Waals surface area contributed by atoms with Crippen molar-refractivity contribution in [2.24, 2.45) is 28.4 Å². The molecule has 0 heterocycles. The Balaban J connectivity index is 2.29. The highest BCUT2D eigenvalue weighted by atomic mass is 35.5. The molecule has 28 heavy (non-hydrogen) atoms. The quantitative estimate of drug-likeness (QED) is 0.711. The molecule has 0 bridgehead atoms. The molecule has 0 saturated carbocycles. The first kappa shape index (κ1) is 20.0. The second-order valence-electron chi connectivity index (χ2n) is 8.76. The second kappa shape index (κ2) is 7.01. The molecule has 1 aromatic rings. The smallest absolute Gasteiger partial charge is 0.191 e. The van der Waals surface area contributed by atoms with Crippen molar-refractivity contribution in [3.63, 3.8) is 0 Å². The third-order valence-electron chi connectivity index (χ3n) is 6.33. The van der Waals surface area contributed by atoms with Crippen LogP contribution in [-0.4, -0.2) is 0 Å². The first-order valence-electron chi connectivity index (χ1n) is 9.38. The zero-order chi connectivity index (χ0) is 20.7. The molecule has 0 fully saturated rings. The van der Waals surface area contributed by atoms with Crippen LogP contribution in [-0.2, 0) is 0 Å². The zero-order valence-electron chi connectivity index (χ0n) is 16.3. The Kier molecular flexibility index (Phi) is 5.01. The van der Waals surface area contributed by atoms with Crippen LogP contribution in [0.5, 0.6) is 0 Å². The number of hydrogen-bond donors (Lipinski definition) is 1. The van der Waals surface area contributed by atoms with E-state index >= 15 is 0 Å². The Morgan fingerprint density at radius 1 is 1.11 bits per heavy atom. The summed E-state index contributed by atoms with van der Waals surface area (Å²) in [7, 11) is 0. The van der Waals surface area contributed by atoms with Gasteiger partial charge in [-0.25, -0.2) is 0 Å². The maximum atomic E-state index is 10.1. The zero-order valence-corrected chi connectivity index (χ0v) is 17.1. The van der Waals surface area contributed by atoms with Crippen molar-refractivity contribution >= 4 is 11.6 Å². The van der Waals surface area contributed by atoms with Gasteiger partial charge in [-0.05, 0) is 53.4 Å². The van der Waals surface area contributed by atoms with Crippen LogP contribution in [0.1, 0.15) is 45.1 Å². The number of benzene rings is 1. The maximum Gasteiger partial charge on any atom is 0.191 e. The van der Waals surface area contributed by atoms with Crippen molar-refractivity contribution in [1.29, 1.82) is 15.8 Å². The van der Waals surface area contributed by atoms with E-state index in [1.54, 1.807) is 12.1 Å². The molecule has 3 atom stereocenters. The fourth-order valence-corrected chi connectivity index (χ4v) is 4.77. The van der Waals surface area contributed by atoms with Crippen LogP contribution in [0.2, 0.25) is 5.02 Å². The predicted molar refractivity (Wildman–Crippen MR) is 108 cm³/mol. The Morgan fingerprint density at radius 3 is 2.21 bits per heavy atom. The van der Waals surface area contributed by atoms with E-state index in [9.17, 15) is 15.8 Å². The molecule has 0 radical (unpaired) electrons. The van der Waals surface area contributed by atoms with Gasteiger partial charge in [0.05, 0.1) is 23.4 Å². The van der Waals surface area contributed by atoms with Crippen molar-refractivity contribution in [2.75, 3.05) is 0 Å². The van der Waals surface area contributed by atoms with E-state index in [1.165, 1.54) is 0 Å². The van der Waals surface area contributed by atoms with Gasteiger partial charge in [0.25, 0.3) is 0 Å². The Labute approximate surface area is 171 Å². The summed E-state index contributed by atoms with van der Waals surface area (Å²) in [4.78, 5) is 0. The van der Waals surface area contributed by atoms with Gasteiger partial charge in [0.15, 0.2) is 5.41 Å². The van der Waals surface area contributed by atoms with Crippen LogP contribution in [0.3, 0.4) is 0 Å². The molecule has 2 aliphatic carbocycles. The minimum atomic E-state index is -1.58. The second-order valence-corrected chi connectivity index (χ2v) is 9.20. The normalized spacial score (nSPS) is 26.3. The van der Waals surface area contributed by atoms with Gasteiger partial charge >= 0.3 is 0 Å². The van der Waals surface area contributed by atoms with E-state index < -0.39 is 11.3 Å². The number of nitrogens with zero attached hydrogens (tertiary/aromatic N) is 3. The summed E-state index contributed by atoms with van der Waals surface area (Å²) < 4.78 is 0. The number of rotatable bonds is 1. The molecule has 0 unspecified atom stereocenters. The van der Waals surface area contributed by atoms with Gasteiger partial charge in [0.2, 0.25) is 0 Å². The van der Waals surface area contributed by atoms with Crippen molar-refractivity contribution in [1.82, 2.24) is 0 Å². The van der Waals surface area contributed by atoms with E-state index in [2.05, 4.69) is 45.1 Å². The Morgan fingerprint density at radius 2 is 1.71 bits per heavy atom. The van der Waals surface area contributed by atoms with Crippen LogP contribution < -0.4 is 5.73 Å². The Hall–Kier alpha value is -2.74. The molecule has 0 spiro atoms. The van der Waals surface area contributed by atoms with E-state index in [-0.39, 0.29) is 17.0 Å². The summed E-state index contributed by atoms with van der Waals surface area (Å²) in [6, 6.07) is 13.8. The lowest BCUT2D eigenvalue weighted by Crippen LogP contribution is -2.44. The highest BCUT2D eigenvalue weighted by molar-refractivity contribution is 6.30. The highest BCUT2D eigenvalue weighted by Crippen LogP contribution is 2.57. The molecule has 4 nitrogen and oxygen atoms in total. The third-order valence-corrected chi connectivity index (χ3v) is 6.58. The number of hydrogen-bond acceptors (Lipinski definition) is 4. The summed E-state index contributed by atoms with van der Waals surface area (Å²) in [5, 5.41) is 30.5. The minimum absolute atomic E-state index is 0.0664. The summed E-state index contributed by atoms with van der Waals surface area (Å²) in [5.41, 5.74) is 6.90. The van der Waals surface area contributed by atoms with E-state index in [4.69, 9.17) is 17.3 Å². The van der Waals surface area contributed by atoms with Crippen molar-refractivity contribution in [2.45, 2.75) is 39.5 Å². The average Bonchev–Trinajstić information content (AvgIpc) is 2.67. The van der Waals surface area contributed by atoms with Crippen LogP contribution >= 0.6 is 11.6 Å². The monoisotopic (exact) mass is 390 g/mol. The molecule has 0 aliphatic heterocycles. The molecule has 0 aromatic heterocycles. The van der Waals surface area contributed by atoms with Gasteiger partial charge in [-0.15, -0.1) is 0 Å². The summed E-state index contributed by atoms with van der Waals surface area (Å²) in [6.07, 6.45) is 3.75. The van der Waals surface area contributed by atoms with Gasteiger partial charge in [0, 0.05) is 10.9 Å². The van der Waals surface area contributed by atoms with Crippen LogP contribution in [0.15, 0.2) is 47.2 Å². The number of nitrogens with two attached hydrogens (primary N) is 1. The standard InChI is InChI=1S/C23H23ClN4/c1-22(2,3)15-6-9-17-18(10-15)20(14-4-7-16(24)8-5-14)23(12-26,13-27)21(28)19(17)11-25/h4-5,7-9,15,18,20H,6,10,28H2,1-3H3/t15-,18-,20-/m0/s1. The first-order chi connectivity index (χ1) is 13.2. The topological polar surface area (TPSA) is 97.4 Å². The van der Waals surface area contributed by atoms with E-state index in [0.717, 1.165) is 24.0 Å². The molecule has 0 saturated heterocycles. The molecule has 2 N–H and O–H groups in total. The molecular weight excluding hydrogens is 368 g/mol. The fraction of sp³-hybridized carbons (Fsp3) is 0.435. The average molecular weight is 391 g/mol. The molecule has 0 amide bonds. The maximum absolute atomic E-state index is 10.1. The van der Waals surface area contributed by atoms with Crippen molar-refractivity contribution in [3.05, 3.63) is 57.8 Å². The lowest BCUT2D eigenvalue weighted by atomic mass is 9.54. The molecule has 1 aromatic carbocycles. The number of allylic oxidation sites excluding steroid dienone is 4. The molecular formula is C23H23ClN4. The lowest BCUT2D eigenvalue weighted by Gasteiger charge is -2.47. The highest BCUT2D eigenvalue weighted by Gasteiger charge is 2.54. The summed E-state index contributed by atoms with van der Waals surface area (Å²) in [5.74, 6) is -0.195. The largest absolute Gasteiger partial charge is 0.399 e. The number of nitriles is 3. The van der Waals surface area contributed by atoms with Gasteiger partial charge in [-0.1, -0.05) is 50.6 Å². The van der Waals surface area contributed by atoms with E-state index in [0.29, 0.717) is 16.5 Å². The predicted octanol–water partition coefficient (Wildman–Crippen LogP) is 5.21. The first-order valence-corrected chi connectivity index (χ1v) is 9.76. The van der Waals surface area contributed by atoms with Gasteiger partial charge in [-0.3, -0.25) is 0 Å². The van der Waals surface area contributed by atoms with Gasteiger partial charge in [-0.2, -0.15) is 15.8 Å². The molecule has 2 aliphatic rings. The summed E-state index contributed by atoms with van der Waals surface area (Å²) >= 11 is 6.07. The fourth-order valence-electron chi connectivity index (χ4n) is 4.64. The molecule has 3 rings (SSSR count). The van der Waals surface area contributed by atoms with Crippen molar-refractivity contribution < 1.29 is 0 Å². The van der Waals surface area contributed by atoms with Crippen LogP contribution in [0, 0.1) is 56.7 Å². The summed E-state index contributed by atoms with van der Waals surface area (Å²) in [6.45, 7) is 6.61. The number of halogens is 1. The Bertz CT molecular complexity index is 960.